The monoisotopic (exact) mass is 711 g/mol. The van der Waals surface area contributed by atoms with Gasteiger partial charge in [0, 0.05) is 44.8 Å². The van der Waals surface area contributed by atoms with Crippen LogP contribution in [0.1, 0.15) is 168 Å². The number of carboxylic acids is 1. The van der Waals surface area contributed by atoms with Crippen molar-refractivity contribution < 1.29 is 43.3 Å². The van der Waals surface area contributed by atoms with Crippen LogP contribution in [0.5, 0.6) is 0 Å². The predicted molar refractivity (Wildman–Crippen MR) is 196 cm³/mol. The maximum atomic E-state index is 12.3. The first kappa shape index (κ1) is 47.3. The Hall–Kier alpha value is -2.66. The number of Topliss-reactive ketones (excluding diaryl/α,β-unsaturated/α-hetero) is 3. The van der Waals surface area contributed by atoms with Gasteiger partial charge in [-0.25, -0.2) is 4.79 Å². The van der Waals surface area contributed by atoms with Gasteiger partial charge in [-0.15, -0.1) is 0 Å². The van der Waals surface area contributed by atoms with Gasteiger partial charge < -0.3 is 30.0 Å². The third kappa shape index (κ3) is 32.5. The lowest BCUT2D eigenvalue weighted by molar-refractivity contribution is -0.142. The minimum Gasteiger partial charge on any atom is -0.480 e. The number of rotatable bonds is 37. The van der Waals surface area contributed by atoms with Crippen LogP contribution < -0.4 is 10.6 Å². The average Bonchev–Trinajstić information content (AvgIpc) is 3.06. The molecule has 0 rings (SSSR count). The molecule has 0 aliphatic carbocycles. The Morgan fingerprint density at radius 1 is 0.560 bits per heavy atom. The summed E-state index contributed by atoms with van der Waals surface area (Å²) in [6.07, 6.45) is 20.6. The van der Waals surface area contributed by atoms with E-state index >= 15 is 0 Å². The second-order valence-corrected chi connectivity index (χ2v) is 13.8. The molecule has 3 N–H and O–H groups in total. The zero-order valence-corrected chi connectivity index (χ0v) is 31.7. The Morgan fingerprint density at radius 2 is 1.10 bits per heavy atom. The highest BCUT2D eigenvalue weighted by atomic mass is 16.5. The van der Waals surface area contributed by atoms with E-state index in [0.717, 1.165) is 64.2 Å². The first-order chi connectivity index (χ1) is 24.0. The van der Waals surface area contributed by atoms with E-state index in [0.29, 0.717) is 38.4 Å². The minimum atomic E-state index is -1.13. The average molecular weight is 711 g/mol. The van der Waals surface area contributed by atoms with Crippen molar-refractivity contribution in [1.29, 1.82) is 0 Å². The van der Waals surface area contributed by atoms with Crippen molar-refractivity contribution in [2.75, 3.05) is 33.0 Å². The van der Waals surface area contributed by atoms with Crippen molar-refractivity contribution in [3.05, 3.63) is 0 Å². The summed E-state index contributed by atoms with van der Waals surface area (Å²) in [5, 5.41) is 14.9. The van der Waals surface area contributed by atoms with Crippen LogP contribution in [0.4, 0.5) is 0 Å². The summed E-state index contributed by atoms with van der Waals surface area (Å²) in [5.74, 6) is -1.16. The van der Waals surface area contributed by atoms with Gasteiger partial charge in [0.15, 0.2) is 0 Å². The highest BCUT2D eigenvalue weighted by Gasteiger charge is 2.20. The highest BCUT2D eigenvalue weighted by Crippen LogP contribution is 2.14. The number of carbonyl (C=O) groups excluding carboxylic acids is 5. The lowest BCUT2D eigenvalue weighted by Crippen LogP contribution is -2.41. The van der Waals surface area contributed by atoms with Gasteiger partial charge in [-0.3, -0.25) is 19.2 Å². The van der Waals surface area contributed by atoms with Crippen LogP contribution in [0.2, 0.25) is 0 Å². The van der Waals surface area contributed by atoms with Gasteiger partial charge in [0.2, 0.25) is 11.8 Å². The molecule has 0 aromatic heterocycles. The summed E-state index contributed by atoms with van der Waals surface area (Å²) >= 11 is 0. The van der Waals surface area contributed by atoms with Gasteiger partial charge in [-0.1, -0.05) is 90.4 Å². The van der Waals surface area contributed by atoms with Crippen LogP contribution in [0.15, 0.2) is 0 Å². The van der Waals surface area contributed by atoms with E-state index in [1.807, 2.05) is 6.92 Å². The summed E-state index contributed by atoms with van der Waals surface area (Å²) in [4.78, 5) is 70.1. The molecule has 0 saturated carbocycles. The fraction of sp³-hybridized carbons (Fsp3) is 0.846. The largest absolute Gasteiger partial charge is 0.480 e. The molecular formula is C39H70N2O9. The van der Waals surface area contributed by atoms with Gasteiger partial charge in [-0.2, -0.15) is 0 Å². The molecule has 0 aliphatic rings. The molecule has 0 aromatic rings. The van der Waals surface area contributed by atoms with Crippen LogP contribution in [-0.2, 0) is 38.2 Å². The number of carbonyl (C=O) groups is 6. The lowest BCUT2D eigenvalue weighted by atomic mass is 10.0. The standard InChI is InChI=1S/C39H70N2O9/c1-32(34(3)43)21-18-19-27-40-38(46)31-50-30-29-49-28-20-23-35(44)25-26-36(39(47)48)41-37(45)24-17-15-13-11-9-7-5-4-6-8-10-12-14-16-22-33(2)42/h32,36H,4-31H2,1-3H3,(H,40,46)(H,41,45)(H,47,48)/t32-,36?/m0/s1. The fourth-order valence-corrected chi connectivity index (χ4v) is 5.55. The SMILES string of the molecule is CC(=O)CCCCCCCCCCCCCCCCC(=O)NC(CCC(=O)CCCOCCOCC(=O)NCCCC[C@H](C)C(C)=O)C(=O)O. The third-order valence-electron chi connectivity index (χ3n) is 8.96. The second kappa shape index (κ2) is 33.5. The summed E-state index contributed by atoms with van der Waals surface area (Å²) in [7, 11) is 0. The van der Waals surface area contributed by atoms with Crippen LogP contribution in [0.3, 0.4) is 0 Å². The molecule has 0 radical (unpaired) electrons. The maximum absolute atomic E-state index is 12.3. The molecule has 2 amide bonds. The van der Waals surface area contributed by atoms with Crippen molar-refractivity contribution in [1.82, 2.24) is 10.6 Å². The molecule has 0 aromatic carbocycles. The lowest BCUT2D eigenvalue weighted by Gasteiger charge is -2.14. The number of amides is 2. The molecule has 2 atom stereocenters. The summed E-state index contributed by atoms with van der Waals surface area (Å²) < 4.78 is 10.8. The number of ketones is 3. The Bertz CT molecular complexity index is 941. The van der Waals surface area contributed by atoms with Crippen molar-refractivity contribution >= 4 is 35.1 Å². The summed E-state index contributed by atoms with van der Waals surface area (Å²) in [6, 6.07) is -1.07. The highest BCUT2D eigenvalue weighted by molar-refractivity contribution is 5.84. The van der Waals surface area contributed by atoms with Crippen LogP contribution in [0.25, 0.3) is 0 Å². The Kier molecular flexibility index (Phi) is 31.7. The molecule has 0 bridgehead atoms. The van der Waals surface area contributed by atoms with Crippen molar-refractivity contribution in [3.8, 4) is 0 Å². The van der Waals surface area contributed by atoms with E-state index in [-0.39, 0.29) is 61.8 Å². The second-order valence-electron chi connectivity index (χ2n) is 13.8. The predicted octanol–water partition coefficient (Wildman–Crippen LogP) is 7.06. The normalized spacial score (nSPS) is 12.3. The van der Waals surface area contributed by atoms with Crippen LogP contribution >= 0.6 is 0 Å². The zero-order chi connectivity index (χ0) is 37.2. The quantitative estimate of drug-likeness (QED) is 0.0573. The van der Waals surface area contributed by atoms with E-state index < -0.39 is 12.0 Å². The van der Waals surface area contributed by atoms with Crippen LogP contribution in [-0.4, -0.2) is 79.3 Å². The number of aliphatic carboxylic acids is 1. The number of unbranched alkanes of at least 4 members (excludes halogenated alkanes) is 14. The van der Waals surface area contributed by atoms with Gasteiger partial charge in [0.25, 0.3) is 0 Å². The van der Waals surface area contributed by atoms with Crippen molar-refractivity contribution in [2.45, 2.75) is 174 Å². The molecule has 11 nitrogen and oxygen atoms in total. The molecule has 11 heteroatoms. The van der Waals surface area contributed by atoms with Gasteiger partial charge in [0.1, 0.15) is 30.0 Å². The number of ether oxygens (including phenoxy) is 2. The third-order valence-corrected chi connectivity index (χ3v) is 8.96. The summed E-state index contributed by atoms with van der Waals surface area (Å²) in [5.41, 5.74) is 0. The molecule has 290 valence electrons. The molecular weight excluding hydrogens is 640 g/mol. The minimum absolute atomic E-state index is 0.0547. The van der Waals surface area contributed by atoms with Crippen molar-refractivity contribution in [3.63, 3.8) is 0 Å². The summed E-state index contributed by atoms with van der Waals surface area (Å²) in [6.45, 7) is 6.56. The van der Waals surface area contributed by atoms with Gasteiger partial charge >= 0.3 is 5.97 Å². The number of carboxylic acid groups (broad SMARTS) is 1. The number of hydrogen-bond donors (Lipinski definition) is 3. The topological polar surface area (TPSA) is 165 Å². The van der Waals surface area contributed by atoms with Crippen LogP contribution in [0, 0.1) is 5.92 Å². The number of hydrogen-bond acceptors (Lipinski definition) is 8. The van der Waals surface area contributed by atoms with E-state index in [1.165, 1.54) is 51.4 Å². The first-order valence-corrected chi connectivity index (χ1v) is 19.5. The van der Waals surface area contributed by atoms with E-state index in [4.69, 9.17) is 9.47 Å². The molecule has 1 unspecified atom stereocenters. The molecule has 0 fully saturated rings. The van der Waals surface area contributed by atoms with Gasteiger partial charge in [-0.05, 0) is 52.4 Å². The fourth-order valence-electron chi connectivity index (χ4n) is 5.55. The zero-order valence-electron chi connectivity index (χ0n) is 31.7. The Labute approximate surface area is 302 Å². The van der Waals surface area contributed by atoms with E-state index in [2.05, 4.69) is 10.6 Å². The Morgan fingerprint density at radius 3 is 1.64 bits per heavy atom. The van der Waals surface area contributed by atoms with Gasteiger partial charge in [0.05, 0.1) is 13.2 Å². The molecule has 0 heterocycles. The Balaban J connectivity index is 3.69. The maximum Gasteiger partial charge on any atom is 0.326 e. The van der Waals surface area contributed by atoms with E-state index in [1.54, 1.807) is 13.8 Å². The molecule has 50 heavy (non-hydrogen) atoms. The van der Waals surface area contributed by atoms with Crippen molar-refractivity contribution in [2.24, 2.45) is 5.92 Å². The smallest absolute Gasteiger partial charge is 0.326 e. The first-order valence-electron chi connectivity index (χ1n) is 19.5. The molecule has 0 aliphatic heterocycles. The molecule has 0 saturated heterocycles. The molecule has 0 spiro atoms. The van der Waals surface area contributed by atoms with E-state index in [9.17, 15) is 33.9 Å². The number of nitrogens with one attached hydrogen (secondary N) is 2.